The number of thiazole rings is 1. The first-order valence-corrected chi connectivity index (χ1v) is 5.56. The Morgan fingerprint density at radius 2 is 2.19 bits per heavy atom. The molecule has 0 radical (unpaired) electrons. The van der Waals surface area contributed by atoms with Crippen LogP contribution in [0.5, 0.6) is 0 Å². The van der Waals surface area contributed by atoms with Gasteiger partial charge in [0.25, 0.3) is 0 Å². The summed E-state index contributed by atoms with van der Waals surface area (Å²) in [6, 6.07) is 7.22. The molecule has 16 heavy (non-hydrogen) atoms. The number of carboxylic acid groups (broad SMARTS) is 1. The minimum Gasteiger partial charge on any atom is -0.465 e. The second kappa shape index (κ2) is 4.32. The summed E-state index contributed by atoms with van der Waals surface area (Å²) in [5.41, 5.74) is 2.30. The summed E-state index contributed by atoms with van der Waals surface area (Å²) >= 11 is 1.50. The summed E-state index contributed by atoms with van der Waals surface area (Å²) in [7, 11) is 0. The molecular weight excluding hydrogens is 224 g/mol. The number of aromatic nitrogens is 1. The van der Waals surface area contributed by atoms with Gasteiger partial charge < -0.3 is 5.11 Å². The first kappa shape index (κ1) is 10.6. The average Bonchev–Trinajstić information content (AvgIpc) is 2.65. The Morgan fingerprint density at radius 3 is 2.81 bits per heavy atom. The molecule has 0 spiro atoms. The van der Waals surface area contributed by atoms with Gasteiger partial charge in [-0.3, -0.25) is 5.32 Å². The molecule has 0 saturated carbocycles. The highest BCUT2D eigenvalue weighted by Crippen LogP contribution is 2.30. The molecule has 2 aromatic rings. The molecule has 0 fully saturated rings. The molecule has 5 heteroatoms. The van der Waals surface area contributed by atoms with Gasteiger partial charge in [0.1, 0.15) is 5.01 Å². The maximum atomic E-state index is 10.6. The Kier molecular flexibility index (Phi) is 2.87. The minimum absolute atomic E-state index is 0.560. The van der Waals surface area contributed by atoms with Crippen LogP contribution in [0.3, 0.4) is 0 Å². The van der Waals surface area contributed by atoms with Crippen LogP contribution in [0.25, 0.3) is 10.6 Å². The van der Waals surface area contributed by atoms with E-state index in [4.69, 9.17) is 5.11 Å². The van der Waals surface area contributed by atoms with Crippen LogP contribution in [-0.4, -0.2) is 16.2 Å². The molecular formula is C11H10N2O2S. The second-order valence-electron chi connectivity index (χ2n) is 3.27. The number of aryl methyl sites for hydroxylation is 1. The fourth-order valence-corrected chi connectivity index (χ4v) is 2.21. The summed E-state index contributed by atoms with van der Waals surface area (Å²) in [4.78, 5) is 15.0. The quantitative estimate of drug-likeness (QED) is 0.838. The molecule has 0 saturated heterocycles. The zero-order valence-electron chi connectivity index (χ0n) is 8.60. The van der Waals surface area contributed by atoms with Gasteiger partial charge in [0, 0.05) is 16.6 Å². The van der Waals surface area contributed by atoms with Crippen LogP contribution in [0.1, 0.15) is 5.69 Å². The van der Waals surface area contributed by atoms with Gasteiger partial charge in [-0.15, -0.1) is 11.3 Å². The van der Waals surface area contributed by atoms with Gasteiger partial charge in [-0.2, -0.15) is 0 Å². The van der Waals surface area contributed by atoms with E-state index in [1.54, 1.807) is 12.1 Å². The van der Waals surface area contributed by atoms with Gasteiger partial charge in [0.15, 0.2) is 0 Å². The number of anilines is 1. The normalized spacial score (nSPS) is 10.1. The van der Waals surface area contributed by atoms with Gasteiger partial charge in [0.05, 0.1) is 5.69 Å². The Labute approximate surface area is 96.6 Å². The highest BCUT2D eigenvalue weighted by Gasteiger charge is 2.09. The van der Waals surface area contributed by atoms with Crippen molar-refractivity contribution in [2.45, 2.75) is 6.92 Å². The molecule has 0 atom stereocenters. The van der Waals surface area contributed by atoms with E-state index < -0.39 is 6.09 Å². The van der Waals surface area contributed by atoms with E-state index in [1.165, 1.54) is 11.3 Å². The number of para-hydroxylation sites is 1. The van der Waals surface area contributed by atoms with Crippen LogP contribution >= 0.6 is 11.3 Å². The molecule has 2 N–H and O–H groups in total. The summed E-state index contributed by atoms with van der Waals surface area (Å²) in [6.07, 6.45) is -1.07. The highest BCUT2D eigenvalue weighted by atomic mass is 32.1. The standard InChI is InChI=1S/C11H10N2O2S/c1-7-6-16-10(12-7)8-4-2-3-5-9(8)13-11(14)15/h2-6,13H,1H3,(H,14,15). The van der Waals surface area contributed by atoms with Crippen LogP contribution in [-0.2, 0) is 0 Å². The highest BCUT2D eigenvalue weighted by molar-refractivity contribution is 7.13. The van der Waals surface area contributed by atoms with Gasteiger partial charge in [-0.05, 0) is 19.1 Å². The van der Waals surface area contributed by atoms with E-state index in [1.807, 2.05) is 24.4 Å². The molecule has 0 bridgehead atoms. The Morgan fingerprint density at radius 1 is 1.44 bits per heavy atom. The fourth-order valence-electron chi connectivity index (χ4n) is 1.37. The van der Waals surface area contributed by atoms with Gasteiger partial charge in [0.2, 0.25) is 0 Å². The number of nitrogens with zero attached hydrogens (tertiary/aromatic N) is 1. The number of hydrogen-bond donors (Lipinski definition) is 2. The van der Waals surface area contributed by atoms with E-state index in [0.717, 1.165) is 16.3 Å². The first-order chi connectivity index (χ1) is 7.66. The van der Waals surface area contributed by atoms with E-state index in [0.29, 0.717) is 5.69 Å². The fraction of sp³-hybridized carbons (Fsp3) is 0.0909. The third kappa shape index (κ3) is 2.20. The van der Waals surface area contributed by atoms with Crippen molar-refractivity contribution in [3.05, 3.63) is 35.3 Å². The molecule has 2 rings (SSSR count). The smallest absolute Gasteiger partial charge is 0.409 e. The SMILES string of the molecule is Cc1csc(-c2ccccc2NC(=O)O)n1. The van der Waals surface area contributed by atoms with Gasteiger partial charge in [-0.1, -0.05) is 12.1 Å². The van der Waals surface area contributed by atoms with Gasteiger partial charge >= 0.3 is 6.09 Å². The maximum absolute atomic E-state index is 10.6. The maximum Gasteiger partial charge on any atom is 0.409 e. The lowest BCUT2D eigenvalue weighted by Gasteiger charge is -2.05. The lowest BCUT2D eigenvalue weighted by molar-refractivity contribution is 0.210. The minimum atomic E-state index is -1.07. The molecule has 1 aromatic heterocycles. The van der Waals surface area contributed by atoms with Gasteiger partial charge in [-0.25, -0.2) is 9.78 Å². The Balaban J connectivity index is 2.43. The van der Waals surface area contributed by atoms with Crippen LogP contribution in [0, 0.1) is 6.92 Å². The lowest BCUT2D eigenvalue weighted by atomic mass is 10.2. The number of benzene rings is 1. The predicted molar refractivity (Wildman–Crippen MR) is 63.9 cm³/mol. The summed E-state index contributed by atoms with van der Waals surface area (Å²) in [5.74, 6) is 0. The third-order valence-corrected chi connectivity index (χ3v) is 3.01. The summed E-state index contributed by atoms with van der Waals surface area (Å²) in [6.45, 7) is 1.91. The number of nitrogens with one attached hydrogen (secondary N) is 1. The molecule has 1 amide bonds. The molecule has 0 aliphatic carbocycles. The Hall–Kier alpha value is -1.88. The van der Waals surface area contributed by atoms with Crippen molar-refractivity contribution in [3.8, 4) is 10.6 Å². The topological polar surface area (TPSA) is 62.2 Å². The molecule has 0 aliphatic rings. The molecule has 4 nitrogen and oxygen atoms in total. The van der Waals surface area contributed by atoms with Crippen LogP contribution in [0.4, 0.5) is 10.5 Å². The van der Waals surface area contributed by atoms with Crippen molar-refractivity contribution in [1.29, 1.82) is 0 Å². The first-order valence-electron chi connectivity index (χ1n) is 4.68. The number of rotatable bonds is 2. The van der Waals surface area contributed by atoms with E-state index in [9.17, 15) is 4.79 Å². The molecule has 0 unspecified atom stereocenters. The van der Waals surface area contributed by atoms with Crippen molar-refractivity contribution >= 4 is 23.1 Å². The zero-order valence-corrected chi connectivity index (χ0v) is 9.41. The number of carbonyl (C=O) groups is 1. The van der Waals surface area contributed by atoms with E-state index in [2.05, 4.69) is 10.3 Å². The Bertz CT molecular complexity index is 522. The van der Waals surface area contributed by atoms with Crippen molar-refractivity contribution in [1.82, 2.24) is 4.98 Å². The van der Waals surface area contributed by atoms with E-state index >= 15 is 0 Å². The van der Waals surface area contributed by atoms with Crippen molar-refractivity contribution in [2.24, 2.45) is 0 Å². The average molecular weight is 234 g/mol. The molecule has 1 heterocycles. The van der Waals surface area contributed by atoms with Crippen LogP contribution < -0.4 is 5.32 Å². The summed E-state index contributed by atoms with van der Waals surface area (Å²) in [5, 5.41) is 13.8. The van der Waals surface area contributed by atoms with E-state index in [-0.39, 0.29) is 0 Å². The molecule has 82 valence electrons. The molecule has 0 aliphatic heterocycles. The van der Waals surface area contributed by atoms with Crippen molar-refractivity contribution < 1.29 is 9.90 Å². The number of hydrogen-bond acceptors (Lipinski definition) is 3. The largest absolute Gasteiger partial charge is 0.465 e. The van der Waals surface area contributed by atoms with Crippen molar-refractivity contribution in [3.63, 3.8) is 0 Å². The monoisotopic (exact) mass is 234 g/mol. The third-order valence-electron chi connectivity index (χ3n) is 2.02. The molecule has 1 aromatic carbocycles. The van der Waals surface area contributed by atoms with Crippen LogP contribution in [0.15, 0.2) is 29.6 Å². The van der Waals surface area contributed by atoms with Crippen LogP contribution in [0.2, 0.25) is 0 Å². The summed E-state index contributed by atoms with van der Waals surface area (Å²) < 4.78 is 0. The predicted octanol–water partition coefficient (Wildman–Crippen LogP) is 3.21. The lowest BCUT2D eigenvalue weighted by Crippen LogP contribution is -2.08. The number of amides is 1. The second-order valence-corrected chi connectivity index (χ2v) is 4.13. The van der Waals surface area contributed by atoms with Crippen molar-refractivity contribution in [2.75, 3.05) is 5.32 Å². The zero-order chi connectivity index (χ0) is 11.5.